The number of tetrazole rings is 1. The van der Waals surface area contributed by atoms with Gasteiger partial charge in [-0.15, -0.1) is 5.10 Å². The third kappa shape index (κ3) is 5.55. The van der Waals surface area contributed by atoms with E-state index in [-0.39, 0.29) is 6.04 Å². The molecule has 1 fully saturated rings. The van der Waals surface area contributed by atoms with Gasteiger partial charge in [-0.1, -0.05) is 78.9 Å². The van der Waals surface area contributed by atoms with E-state index in [1.54, 1.807) is 0 Å². The number of nitrogens with zero attached hydrogens (tertiary/aromatic N) is 6. The molecule has 6 heteroatoms. The van der Waals surface area contributed by atoms with Gasteiger partial charge in [-0.3, -0.25) is 9.80 Å². The van der Waals surface area contributed by atoms with Gasteiger partial charge in [0, 0.05) is 32.7 Å². The van der Waals surface area contributed by atoms with Crippen molar-refractivity contribution in [2.24, 2.45) is 0 Å². The average Bonchev–Trinajstić information content (AvgIpc) is 3.36. The van der Waals surface area contributed by atoms with Crippen molar-refractivity contribution in [3.63, 3.8) is 0 Å². The molecule has 1 aliphatic heterocycles. The average molecular weight is 493 g/mol. The van der Waals surface area contributed by atoms with Gasteiger partial charge in [-0.25, -0.2) is 0 Å². The van der Waals surface area contributed by atoms with Crippen molar-refractivity contribution in [3.05, 3.63) is 112 Å². The largest absolute Gasteiger partial charge is 0.297 e. The Hall–Kier alpha value is -3.61. The highest BCUT2D eigenvalue weighted by Gasteiger charge is 2.31. The summed E-state index contributed by atoms with van der Waals surface area (Å²) in [7, 11) is 0. The predicted molar refractivity (Wildman–Crippen MR) is 150 cm³/mol. The Labute approximate surface area is 220 Å². The second-order valence-electron chi connectivity index (χ2n) is 10.1. The van der Waals surface area contributed by atoms with Crippen LogP contribution in [-0.4, -0.2) is 62.7 Å². The van der Waals surface area contributed by atoms with Gasteiger partial charge >= 0.3 is 0 Å². The van der Waals surface area contributed by atoms with Crippen LogP contribution in [0.4, 0.5) is 0 Å². The van der Waals surface area contributed by atoms with E-state index in [1.807, 2.05) is 4.68 Å². The molecule has 0 radical (unpaired) electrons. The molecule has 2 heterocycles. The lowest BCUT2D eigenvalue weighted by Gasteiger charge is -2.38. The molecule has 0 spiro atoms. The summed E-state index contributed by atoms with van der Waals surface area (Å²) in [5.74, 6) is 0.873. The Kier molecular flexibility index (Phi) is 7.58. The van der Waals surface area contributed by atoms with Crippen LogP contribution in [0.5, 0.6) is 0 Å². The minimum atomic E-state index is -0.0182. The highest BCUT2D eigenvalue weighted by atomic mass is 15.6. The molecular formula is C31H36N6. The van der Waals surface area contributed by atoms with Crippen LogP contribution in [0.15, 0.2) is 72.8 Å². The van der Waals surface area contributed by atoms with Crippen molar-refractivity contribution in [1.82, 2.24) is 30.0 Å². The maximum Gasteiger partial charge on any atom is 0.178 e. The van der Waals surface area contributed by atoms with E-state index < -0.39 is 0 Å². The summed E-state index contributed by atoms with van der Waals surface area (Å²) in [6.45, 7) is 13.5. The predicted octanol–water partition coefficient (Wildman–Crippen LogP) is 5.32. The summed E-state index contributed by atoms with van der Waals surface area (Å²) in [5.41, 5.74) is 8.48. The second-order valence-corrected chi connectivity index (χ2v) is 10.1. The summed E-state index contributed by atoms with van der Waals surface area (Å²) in [5, 5.41) is 13.3. The summed E-state index contributed by atoms with van der Waals surface area (Å²) < 4.78 is 1.96. The van der Waals surface area contributed by atoms with Crippen LogP contribution in [0.3, 0.4) is 0 Å². The van der Waals surface area contributed by atoms with Gasteiger partial charge in [0.2, 0.25) is 0 Å². The summed E-state index contributed by atoms with van der Waals surface area (Å²) >= 11 is 0. The maximum absolute atomic E-state index is 4.62. The Morgan fingerprint density at radius 2 is 1.51 bits per heavy atom. The SMILES string of the molecule is Cc1ccc([C@H](c2nnnn2-c2c(C)cccc2C)N2CCN(CC=Cc3ccccc3)CC2)cc1C. The zero-order valence-corrected chi connectivity index (χ0v) is 22.3. The molecule has 0 saturated carbocycles. The molecule has 1 atom stereocenters. The van der Waals surface area contributed by atoms with Crippen molar-refractivity contribution >= 4 is 6.08 Å². The van der Waals surface area contributed by atoms with Crippen molar-refractivity contribution in [1.29, 1.82) is 0 Å². The van der Waals surface area contributed by atoms with E-state index in [1.165, 1.54) is 33.4 Å². The third-order valence-electron chi connectivity index (χ3n) is 7.48. The number of hydrogen-bond donors (Lipinski definition) is 0. The minimum absolute atomic E-state index is 0.0182. The lowest BCUT2D eigenvalue weighted by Crippen LogP contribution is -2.48. The monoisotopic (exact) mass is 492 g/mol. The maximum atomic E-state index is 4.62. The normalized spacial score (nSPS) is 15.9. The van der Waals surface area contributed by atoms with Gasteiger partial charge in [0.25, 0.3) is 0 Å². The second kappa shape index (κ2) is 11.2. The van der Waals surface area contributed by atoms with Crippen LogP contribution in [0.25, 0.3) is 11.8 Å². The molecular weight excluding hydrogens is 456 g/mol. The van der Waals surface area contributed by atoms with Crippen molar-refractivity contribution in [3.8, 4) is 5.69 Å². The quantitative estimate of drug-likeness (QED) is 0.350. The van der Waals surface area contributed by atoms with Crippen LogP contribution in [0.1, 0.15) is 45.2 Å². The molecule has 3 aromatic carbocycles. The number of rotatable bonds is 7. The van der Waals surface area contributed by atoms with E-state index >= 15 is 0 Å². The zero-order valence-electron chi connectivity index (χ0n) is 22.3. The molecule has 0 unspecified atom stereocenters. The molecule has 1 saturated heterocycles. The van der Waals surface area contributed by atoms with Gasteiger partial charge in [0.1, 0.15) is 0 Å². The van der Waals surface area contributed by atoms with Crippen LogP contribution in [0.2, 0.25) is 0 Å². The summed E-state index contributed by atoms with van der Waals surface area (Å²) in [6, 6.07) is 23.6. The molecule has 0 N–H and O–H groups in total. The molecule has 1 aromatic heterocycles. The number of piperazine rings is 1. The van der Waals surface area contributed by atoms with Gasteiger partial charge < -0.3 is 0 Å². The van der Waals surface area contributed by atoms with Crippen molar-refractivity contribution in [2.45, 2.75) is 33.7 Å². The Morgan fingerprint density at radius 1 is 0.784 bits per heavy atom. The minimum Gasteiger partial charge on any atom is -0.297 e. The van der Waals surface area contributed by atoms with Gasteiger partial charge in [0.05, 0.1) is 11.7 Å². The fourth-order valence-electron chi connectivity index (χ4n) is 5.23. The Balaban J connectivity index is 1.41. The van der Waals surface area contributed by atoms with Crippen molar-refractivity contribution in [2.75, 3.05) is 32.7 Å². The number of benzene rings is 3. The van der Waals surface area contributed by atoms with E-state index in [2.05, 4.69) is 132 Å². The summed E-state index contributed by atoms with van der Waals surface area (Å²) in [6.07, 6.45) is 4.48. The zero-order chi connectivity index (χ0) is 25.8. The highest BCUT2D eigenvalue weighted by molar-refractivity contribution is 5.49. The first-order chi connectivity index (χ1) is 18.0. The lowest BCUT2D eigenvalue weighted by molar-refractivity contribution is 0.113. The van der Waals surface area contributed by atoms with E-state index in [9.17, 15) is 0 Å². The lowest BCUT2D eigenvalue weighted by atomic mass is 9.98. The topological polar surface area (TPSA) is 50.1 Å². The molecule has 4 aromatic rings. The van der Waals surface area contributed by atoms with Gasteiger partial charge in [-0.05, 0) is 71.5 Å². The van der Waals surface area contributed by atoms with Crippen LogP contribution in [0, 0.1) is 27.7 Å². The molecule has 37 heavy (non-hydrogen) atoms. The highest BCUT2D eigenvalue weighted by Crippen LogP contribution is 2.31. The number of aromatic nitrogens is 4. The molecule has 190 valence electrons. The van der Waals surface area contributed by atoms with E-state index in [4.69, 9.17) is 0 Å². The third-order valence-corrected chi connectivity index (χ3v) is 7.48. The molecule has 0 amide bonds. The Bertz CT molecular complexity index is 1350. The first kappa shape index (κ1) is 25.1. The van der Waals surface area contributed by atoms with Crippen molar-refractivity contribution < 1.29 is 0 Å². The number of hydrogen-bond acceptors (Lipinski definition) is 5. The molecule has 5 rings (SSSR count). The van der Waals surface area contributed by atoms with Crippen LogP contribution < -0.4 is 0 Å². The fraction of sp³-hybridized carbons (Fsp3) is 0.323. The van der Waals surface area contributed by atoms with Gasteiger partial charge in [0.15, 0.2) is 5.82 Å². The summed E-state index contributed by atoms with van der Waals surface area (Å²) in [4.78, 5) is 5.05. The molecule has 0 aliphatic carbocycles. The van der Waals surface area contributed by atoms with E-state index in [0.29, 0.717) is 0 Å². The van der Waals surface area contributed by atoms with Crippen LogP contribution in [-0.2, 0) is 0 Å². The molecule has 6 nitrogen and oxygen atoms in total. The van der Waals surface area contributed by atoms with Gasteiger partial charge in [-0.2, -0.15) is 4.68 Å². The standard InChI is InChI=1S/C31H36N6/c1-23-15-16-28(22-26(23)4)30(31-32-33-34-37(31)29-24(2)10-8-11-25(29)3)36-20-18-35(19-21-36)17-9-14-27-12-6-5-7-13-27/h5-16,22,30H,17-21H2,1-4H3/t30-/m1/s1. The first-order valence-corrected chi connectivity index (χ1v) is 13.1. The Morgan fingerprint density at radius 3 is 2.22 bits per heavy atom. The number of para-hydroxylation sites is 1. The molecule has 0 bridgehead atoms. The smallest absolute Gasteiger partial charge is 0.178 e. The van der Waals surface area contributed by atoms with E-state index in [0.717, 1.165) is 44.2 Å². The first-order valence-electron chi connectivity index (χ1n) is 13.1. The molecule has 1 aliphatic rings. The fourth-order valence-corrected chi connectivity index (χ4v) is 5.23. The van der Waals surface area contributed by atoms with Crippen LogP contribution >= 0.6 is 0 Å². The number of aryl methyl sites for hydroxylation is 4.